The van der Waals surface area contributed by atoms with Gasteiger partial charge in [0.15, 0.2) is 0 Å². The molecular weight excluding hydrogens is 1810 g/mol. The van der Waals surface area contributed by atoms with E-state index < -0.39 is 0 Å². The molecule has 9 aromatic carbocycles. The van der Waals surface area contributed by atoms with Gasteiger partial charge >= 0.3 is 0 Å². The summed E-state index contributed by atoms with van der Waals surface area (Å²) in [6, 6.07) is 105. The van der Waals surface area contributed by atoms with Crippen LogP contribution in [0, 0.1) is 71.0 Å². The quantitative estimate of drug-likeness (QED) is 0.144. The Morgan fingerprint density at radius 3 is 1.02 bits per heavy atom. The summed E-state index contributed by atoms with van der Waals surface area (Å²) in [4.78, 5) is 26.5. The molecule has 0 aliphatic heterocycles. The van der Waals surface area contributed by atoms with Gasteiger partial charge in [-0.05, 0) is 128 Å². The van der Waals surface area contributed by atoms with Crippen LogP contribution in [0.2, 0.25) is 0 Å². The molecule has 0 unspecified atom stereocenters. The fraction of sp³-hybridized carbons (Fsp3) is 0.0870. The Morgan fingerprint density at radius 2 is 0.663 bits per heavy atom. The number of furan rings is 3. The first-order chi connectivity index (χ1) is 49.5. The minimum absolute atomic E-state index is 0. The van der Waals surface area contributed by atoms with Crippen molar-refractivity contribution in [3.05, 3.63) is 362 Å². The third kappa shape index (κ3) is 18.2. The minimum Gasteiger partial charge on any atom is -0.501 e. The standard InChI is InChI=1S/C20H16NO.2C19H14NO.C12H10N.2C11H8N.3Ir/c1-13(2)14-10-11-18(21-12-14)17-8-5-7-16-15-6-3-4-9-19(15)22-20(16)17;2*1-12-10-17(20-11-13(12)2)16-8-5-7-15-14-6-3-4-9-18(14)21-19(15)16;1-10-6-5-9-12(13-10)11-7-3-2-4-8-11;2*1-2-6-10(7-3-1)11-8-4-5-9-12-11;;;/h3-7,9-13H,1-2H3;2*3-7,9-11H,1-2H3;2-7,9H,1H3;2*1-6,8-9H;;;/q6*-1;;;. The van der Waals surface area contributed by atoms with E-state index >= 15 is 0 Å². The maximum atomic E-state index is 6.04. The number of fused-ring (bicyclic) bond motifs is 9. The topological polar surface area (TPSA) is 117 Å². The van der Waals surface area contributed by atoms with Crippen molar-refractivity contribution in [2.24, 2.45) is 0 Å². The average molecular weight is 1880 g/mol. The monoisotopic (exact) mass is 1890 g/mol. The van der Waals surface area contributed by atoms with Crippen LogP contribution in [0.25, 0.3) is 133 Å². The minimum atomic E-state index is 0. The van der Waals surface area contributed by atoms with E-state index in [0.29, 0.717) is 5.92 Å². The van der Waals surface area contributed by atoms with Gasteiger partial charge in [0.1, 0.15) is 16.7 Å². The Hall–Kier alpha value is -10.8. The fourth-order valence-electron chi connectivity index (χ4n) is 11.5. The molecule has 0 saturated carbocycles. The summed E-state index contributed by atoms with van der Waals surface area (Å²) in [5.74, 6) is 0.479. The van der Waals surface area contributed by atoms with Crippen LogP contribution in [0.1, 0.15) is 53.3 Å². The average Bonchev–Trinajstić information content (AvgIpc) is 1.63. The van der Waals surface area contributed by atoms with Crippen LogP contribution in [-0.4, -0.2) is 29.9 Å². The fourth-order valence-corrected chi connectivity index (χ4v) is 11.5. The van der Waals surface area contributed by atoms with Gasteiger partial charge in [-0.2, -0.15) is 0 Å². The number of aryl methyl sites for hydroxylation is 5. The number of benzene rings is 9. The molecule has 18 aromatic rings. The second-order valence-electron chi connectivity index (χ2n) is 24.4. The molecular formula is C92H70Ir3N6O3-6. The molecule has 0 bridgehead atoms. The van der Waals surface area contributed by atoms with Gasteiger partial charge in [0.05, 0.1) is 16.7 Å². The molecule has 12 heteroatoms. The molecule has 0 aliphatic rings. The van der Waals surface area contributed by atoms with Crippen LogP contribution in [0.4, 0.5) is 0 Å². The second-order valence-corrected chi connectivity index (χ2v) is 24.4. The van der Waals surface area contributed by atoms with Gasteiger partial charge in [-0.15, -0.1) is 162 Å². The number of nitrogens with zero attached hydrogens (tertiary/aromatic N) is 6. The summed E-state index contributed by atoms with van der Waals surface area (Å²) in [5, 5.41) is 6.72. The molecule has 0 atom stereocenters. The number of hydrogen-bond donors (Lipinski definition) is 0. The Labute approximate surface area is 647 Å². The zero-order valence-corrected chi connectivity index (χ0v) is 65.4. The van der Waals surface area contributed by atoms with Gasteiger partial charge in [-0.1, -0.05) is 173 Å². The van der Waals surface area contributed by atoms with E-state index in [1.54, 1.807) is 12.4 Å². The molecule has 3 radical (unpaired) electrons. The molecule has 0 N–H and O–H groups in total. The second kappa shape index (κ2) is 36.4. The van der Waals surface area contributed by atoms with Gasteiger partial charge in [0.2, 0.25) is 0 Å². The largest absolute Gasteiger partial charge is 0.501 e. The Bertz CT molecular complexity index is 5440. The van der Waals surface area contributed by atoms with E-state index in [1.807, 2.05) is 250 Å². The summed E-state index contributed by atoms with van der Waals surface area (Å²) in [6.07, 6.45) is 9.32. The maximum Gasteiger partial charge on any atom is 0.120 e. The Balaban J connectivity index is 0.000000136. The van der Waals surface area contributed by atoms with E-state index in [-0.39, 0.29) is 60.3 Å². The summed E-state index contributed by atoms with van der Waals surface area (Å²) >= 11 is 0. The van der Waals surface area contributed by atoms with Crippen molar-refractivity contribution >= 4 is 65.8 Å². The molecule has 9 heterocycles. The molecule has 519 valence electrons. The van der Waals surface area contributed by atoms with Crippen molar-refractivity contribution in [2.45, 2.75) is 54.4 Å². The van der Waals surface area contributed by atoms with Crippen LogP contribution in [0.3, 0.4) is 0 Å². The van der Waals surface area contributed by atoms with Gasteiger partial charge in [0, 0.05) is 113 Å². The van der Waals surface area contributed by atoms with E-state index in [2.05, 4.69) is 144 Å². The van der Waals surface area contributed by atoms with Crippen LogP contribution in [-0.2, 0) is 60.3 Å². The van der Waals surface area contributed by atoms with Crippen molar-refractivity contribution in [3.63, 3.8) is 0 Å². The molecule has 9 aromatic heterocycles. The van der Waals surface area contributed by atoms with Crippen molar-refractivity contribution in [1.82, 2.24) is 29.9 Å². The van der Waals surface area contributed by atoms with E-state index in [9.17, 15) is 0 Å². The first-order valence-corrected chi connectivity index (χ1v) is 33.5. The Kier molecular flexibility index (Phi) is 26.6. The van der Waals surface area contributed by atoms with Crippen LogP contribution < -0.4 is 0 Å². The van der Waals surface area contributed by atoms with Gasteiger partial charge in [-0.3, -0.25) is 0 Å². The van der Waals surface area contributed by atoms with Gasteiger partial charge < -0.3 is 43.2 Å². The smallest absolute Gasteiger partial charge is 0.120 e. The molecule has 18 rings (SSSR count). The third-order valence-electron chi connectivity index (χ3n) is 17.2. The van der Waals surface area contributed by atoms with Crippen molar-refractivity contribution < 1.29 is 73.6 Å². The van der Waals surface area contributed by atoms with Crippen molar-refractivity contribution in [1.29, 1.82) is 0 Å². The molecule has 0 aliphatic carbocycles. The van der Waals surface area contributed by atoms with Gasteiger partial charge in [0.25, 0.3) is 0 Å². The van der Waals surface area contributed by atoms with Crippen molar-refractivity contribution in [2.75, 3.05) is 0 Å². The molecule has 0 spiro atoms. The van der Waals surface area contributed by atoms with E-state index in [0.717, 1.165) is 139 Å². The molecule has 0 fully saturated rings. The number of para-hydroxylation sites is 3. The first kappa shape index (κ1) is 75.9. The van der Waals surface area contributed by atoms with E-state index in [1.165, 1.54) is 27.8 Å². The summed E-state index contributed by atoms with van der Waals surface area (Å²) in [7, 11) is 0. The van der Waals surface area contributed by atoms with Crippen LogP contribution in [0.15, 0.2) is 305 Å². The number of hydrogen-bond acceptors (Lipinski definition) is 9. The predicted octanol–water partition coefficient (Wildman–Crippen LogP) is 23.6. The Morgan fingerprint density at radius 1 is 0.288 bits per heavy atom. The first-order valence-electron chi connectivity index (χ1n) is 33.5. The SMILES string of the molecule is CC(C)c1ccc(-c2[c-]ccc3c2oc2ccccc23)nc1.Cc1cccc(-c2[c-]cccc2)n1.Cc1cnc(-c2[c-]ccc3c2oc2ccccc23)cc1C.Cc1cnc(-c2[c-]ccc3c2oc2ccccc23)cc1C.[Ir].[Ir].[Ir].[c-]1ccccc1-c1ccccn1.[c-]1ccccc1-c1ccccn1. The molecule has 0 saturated heterocycles. The third-order valence-corrected chi connectivity index (χ3v) is 17.2. The molecule has 0 amide bonds. The van der Waals surface area contributed by atoms with Crippen LogP contribution in [0.5, 0.6) is 0 Å². The zero-order chi connectivity index (χ0) is 69.4. The summed E-state index contributed by atoms with van der Waals surface area (Å²) in [5.41, 5.74) is 23.9. The zero-order valence-electron chi connectivity index (χ0n) is 58.2. The van der Waals surface area contributed by atoms with Gasteiger partial charge in [-0.25, -0.2) is 0 Å². The molecule has 104 heavy (non-hydrogen) atoms. The number of rotatable bonds is 7. The normalized spacial score (nSPS) is 10.5. The maximum absolute atomic E-state index is 6.04. The predicted molar refractivity (Wildman–Crippen MR) is 411 cm³/mol. The molecule has 9 nitrogen and oxygen atoms in total. The van der Waals surface area contributed by atoms with E-state index in [4.69, 9.17) is 13.3 Å². The summed E-state index contributed by atoms with van der Waals surface area (Å²) in [6.45, 7) is 14.7. The van der Waals surface area contributed by atoms with Crippen LogP contribution >= 0.6 is 0 Å². The number of aromatic nitrogens is 6. The summed E-state index contributed by atoms with van der Waals surface area (Å²) < 4.78 is 18.1. The number of pyridine rings is 6. The van der Waals surface area contributed by atoms with Crippen molar-refractivity contribution in [3.8, 4) is 67.5 Å².